The number of fused-ring (bicyclic) bond motifs is 1. The summed E-state index contributed by atoms with van der Waals surface area (Å²) in [6.07, 6.45) is 5.92. The normalized spacial score (nSPS) is 17.7. The quantitative estimate of drug-likeness (QED) is 0.853. The van der Waals surface area contributed by atoms with E-state index in [1.165, 1.54) is 32.4 Å². The predicted octanol–water partition coefficient (Wildman–Crippen LogP) is 2.48. The molecule has 0 radical (unpaired) electrons. The van der Waals surface area contributed by atoms with Crippen LogP contribution >= 0.6 is 15.9 Å². The van der Waals surface area contributed by atoms with Gasteiger partial charge in [0.05, 0.1) is 6.54 Å². The van der Waals surface area contributed by atoms with E-state index in [1.54, 1.807) is 0 Å². The van der Waals surface area contributed by atoms with Gasteiger partial charge >= 0.3 is 0 Å². The van der Waals surface area contributed by atoms with Crippen LogP contribution in [0.1, 0.15) is 25.1 Å². The summed E-state index contributed by atoms with van der Waals surface area (Å²) in [5.41, 5.74) is 0.917. The van der Waals surface area contributed by atoms with E-state index < -0.39 is 0 Å². The number of rotatable bonds is 2. The second-order valence-corrected chi connectivity index (χ2v) is 5.43. The lowest BCUT2D eigenvalue weighted by molar-refractivity contribution is 0.216. The maximum Gasteiger partial charge on any atom is 0.165 e. The molecular formula is C12H15BrN4. The van der Waals surface area contributed by atoms with Gasteiger partial charge in [-0.25, -0.2) is 9.50 Å². The minimum absolute atomic E-state index is 0.874. The van der Waals surface area contributed by atoms with Crippen molar-refractivity contribution < 1.29 is 0 Å². The van der Waals surface area contributed by atoms with Gasteiger partial charge in [0.15, 0.2) is 11.5 Å². The summed E-state index contributed by atoms with van der Waals surface area (Å²) in [7, 11) is 0. The molecule has 0 spiro atoms. The Bertz CT molecular complexity index is 516. The summed E-state index contributed by atoms with van der Waals surface area (Å²) in [4.78, 5) is 6.98. The van der Waals surface area contributed by atoms with Gasteiger partial charge in [0.2, 0.25) is 0 Å². The topological polar surface area (TPSA) is 33.4 Å². The van der Waals surface area contributed by atoms with Crippen molar-refractivity contribution in [3.8, 4) is 0 Å². The third kappa shape index (κ3) is 2.50. The molecule has 0 N–H and O–H groups in total. The molecule has 0 bridgehead atoms. The smallest absolute Gasteiger partial charge is 0.165 e. The number of pyridine rings is 1. The van der Waals surface area contributed by atoms with Crippen LogP contribution < -0.4 is 0 Å². The van der Waals surface area contributed by atoms with Crippen molar-refractivity contribution >= 4 is 21.6 Å². The highest BCUT2D eigenvalue weighted by atomic mass is 79.9. The summed E-state index contributed by atoms with van der Waals surface area (Å²) in [6, 6.07) is 3.98. The summed E-state index contributed by atoms with van der Waals surface area (Å²) < 4.78 is 2.86. The molecule has 0 saturated carbocycles. The van der Waals surface area contributed by atoms with Crippen LogP contribution in [0, 0.1) is 0 Å². The molecule has 90 valence electrons. The van der Waals surface area contributed by atoms with Gasteiger partial charge in [-0.15, -0.1) is 5.10 Å². The maximum atomic E-state index is 4.54. The van der Waals surface area contributed by atoms with Gasteiger partial charge in [0.1, 0.15) is 0 Å². The molecule has 0 aliphatic carbocycles. The first-order chi connectivity index (χ1) is 8.31. The van der Waals surface area contributed by atoms with E-state index in [4.69, 9.17) is 0 Å². The van der Waals surface area contributed by atoms with Crippen molar-refractivity contribution in [2.45, 2.75) is 25.8 Å². The van der Waals surface area contributed by atoms with Gasteiger partial charge < -0.3 is 0 Å². The van der Waals surface area contributed by atoms with Crippen molar-refractivity contribution in [2.75, 3.05) is 13.1 Å². The van der Waals surface area contributed by atoms with Crippen molar-refractivity contribution in [3.63, 3.8) is 0 Å². The lowest BCUT2D eigenvalue weighted by Gasteiger charge is -2.24. The van der Waals surface area contributed by atoms with E-state index in [2.05, 4.69) is 30.9 Å². The molecule has 3 rings (SSSR count). The molecular weight excluding hydrogens is 280 g/mol. The molecule has 1 aliphatic heterocycles. The molecule has 0 unspecified atom stereocenters. The molecule has 1 aliphatic rings. The average Bonchev–Trinajstić information content (AvgIpc) is 2.71. The van der Waals surface area contributed by atoms with Crippen LogP contribution in [0.2, 0.25) is 0 Å². The predicted molar refractivity (Wildman–Crippen MR) is 69.8 cm³/mol. The third-order valence-corrected chi connectivity index (χ3v) is 3.62. The zero-order chi connectivity index (χ0) is 11.7. The first-order valence-corrected chi connectivity index (χ1v) is 6.84. The monoisotopic (exact) mass is 294 g/mol. The summed E-state index contributed by atoms with van der Waals surface area (Å²) in [5.74, 6) is 0.921. The van der Waals surface area contributed by atoms with Gasteiger partial charge in [-0.05, 0) is 54.0 Å². The third-order valence-electron chi connectivity index (χ3n) is 3.15. The van der Waals surface area contributed by atoms with Crippen LogP contribution in [-0.4, -0.2) is 32.6 Å². The van der Waals surface area contributed by atoms with Gasteiger partial charge in [0, 0.05) is 10.7 Å². The average molecular weight is 295 g/mol. The molecule has 0 amide bonds. The molecule has 3 heterocycles. The minimum Gasteiger partial charge on any atom is -0.296 e. The number of likely N-dealkylation sites (tertiary alicyclic amines) is 1. The molecule has 4 nitrogen and oxygen atoms in total. The highest BCUT2D eigenvalue weighted by molar-refractivity contribution is 9.10. The fraction of sp³-hybridized carbons (Fsp3) is 0.500. The van der Waals surface area contributed by atoms with Crippen molar-refractivity contribution in [2.24, 2.45) is 0 Å². The maximum absolute atomic E-state index is 4.54. The zero-order valence-corrected chi connectivity index (χ0v) is 11.2. The number of nitrogens with zero attached hydrogens (tertiary/aromatic N) is 4. The number of hydrogen-bond donors (Lipinski definition) is 0. The number of piperidine rings is 1. The van der Waals surface area contributed by atoms with E-state index in [-0.39, 0.29) is 0 Å². The standard InChI is InChI=1S/C12H15BrN4/c13-10-4-5-12-14-11(15-17(12)8-10)9-16-6-2-1-3-7-16/h4-5,8H,1-3,6-7,9H2. The molecule has 2 aromatic rings. The summed E-state index contributed by atoms with van der Waals surface area (Å²) >= 11 is 3.44. The second kappa shape index (κ2) is 4.74. The van der Waals surface area contributed by atoms with E-state index in [0.717, 1.165) is 22.5 Å². The Morgan fingerprint density at radius 1 is 1.18 bits per heavy atom. The lowest BCUT2D eigenvalue weighted by Crippen LogP contribution is -2.29. The molecule has 17 heavy (non-hydrogen) atoms. The summed E-state index contributed by atoms with van der Waals surface area (Å²) in [6.45, 7) is 3.23. The zero-order valence-electron chi connectivity index (χ0n) is 9.64. The second-order valence-electron chi connectivity index (χ2n) is 4.51. The molecule has 2 aromatic heterocycles. The van der Waals surface area contributed by atoms with Crippen molar-refractivity contribution in [1.29, 1.82) is 0 Å². The molecule has 5 heteroatoms. The summed E-state index contributed by atoms with van der Waals surface area (Å²) in [5, 5.41) is 4.50. The first kappa shape index (κ1) is 11.2. The highest BCUT2D eigenvalue weighted by Crippen LogP contribution is 2.13. The molecule has 1 fully saturated rings. The Morgan fingerprint density at radius 3 is 2.82 bits per heavy atom. The van der Waals surface area contributed by atoms with Gasteiger partial charge in [0.25, 0.3) is 0 Å². The fourth-order valence-corrected chi connectivity index (χ4v) is 2.61. The van der Waals surface area contributed by atoms with Gasteiger partial charge in [-0.2, -0.15) is 0 Å². The van der Waals surface area contributed by atoms with E-state index in [0.29, 0.717) is 0 Å². The van der Waals surface area contributed by atoms with Gasteiger partial charge in [-0.3, -0.25) is 4.90 Å². The highest BCUT2D eigenvalue weighted by Gasteiger charge is 2.13. The van der Waals surface area contributed by atoms with Crippen LogP contribution in [0.4, 0.5) is 0 Å². The van der Waals surface area contributed by atoms with E-state index in [9.17, 15) is 0 Å². The van der Waals surface area contributed by atoms with E-state index in [1.807, 2.05) is 22.8 Å². The molecule has 1 saturated heterocycles. The molecule has 0 aromatic carbocycles. The van der Waals surface area contributed by atoms with Crippen molar-refractivity contribution in [1.82, 2.24) is 19.5 Å². The van der Waals surface area contributed by atoms with Crippen molar-refractivity contribution in [3.05, 3.63) is 28.6 Å². The van der Waals surface area contributed by atoms with Gasteiger partial charge in [-0.1, -0.05) is 6.42 Å². The van der Waals surface area contributed by atoms with Crippen LogP contribution in [0.3, 0.4) is 0 Å². The Balaban J connectivity index is 1.80. The Hall–Kier alpha value is -0.940. The first-order valence-electron chi connectivity index (χ1n) is 6.04. The number of aromatic nitrogens is 3. The largest absolute Gasteiger partial charge is 0.296 e. The number of halogens is 1. The Labute approximate surface area is 109 Å². The number of hydrogen-bond acceptors (Lipinski definition) is 3. The van der Waals surface area contributed by atoms with Crippen LogP contribution in [0.15, 0.2) is 22.8 Å². The Morgan fingerprint density at radius 2 is 2.00 bits per heavy atom. The lowest BCUT2D eigenvalue weighted by atomic mass is 10.1. The molecule has 0 atom stereocenters. The minimum atomic E-state index is 0.874. The SMILES string of the molecule is Brc1ccc2nc(CN3CCCCC3)nn2c1. The van der Waals surface area contributed by atoms with Crippen LogP contribution in [0.25, 0.3) is 5.65 Å². The van der Waals surface area contributed by atoms with E-state index >= 15 is 0 Å². The fourth-order valence-electron chi connectivity index (χ4n) is 2.29. The van der Waals surface area contributed by atoms with Crippen LogP contribution in [0.5, 0.6) is 0 Å². The van der Waals surface area contributed by atoms with Crippen LogP contribution in [-0.2, 0) is 6.54 Å². The Kier molecular flexibility index (Phi) is 3.11.